The fourth-order valence-electron chi connectivity index (χ4n) is 1.65. The van der Waals surface area contributed by atoms with E-state index in [9.17, 15) is 12.8 Å². The maximum atomic E-state index is 13.9. The largest absolute Gasteiger partial charge is 0.493 e. The first-order valence-electron chi connectivity index (χ1n) is 5.78. The van der Waals surface area contributed by atoms with Crippen LogP contribution in [-0.2, 0) is 14.8 Å². The molecule has 0 saturated heterocycles. The van der Waals surface area contributed by atoms with Crippen LogP contribution in [0.1, 0.15) is 6.92 Å². The summed E-state index contributed by atoms with van der Waals surface area (Å²) in [5, 5.41) is 0. The molecule has 0 heterocycles. The van der Waals surface area contributed by atoms with Gasteiger partial charge in [-0.3, -0.25) is 0 Å². The zero-order valence-electron chi connectivity index (χ0n) is 11.8. The third kappa shape index (κ3) is 3.81. The molecule has 0 aliphatic heterocycles. The van der Waals surface area contributed by atoms with Crippen molar-refractivity contribution in [3.8, 4) is 11.5 Å². The predicted molar refractivity (Wildman–Crippen MR) is 71.2 cm³/mol. The van der Waals surface area contributed by atoms with E-state index in [2.05, 4.69) is 4.72 Å². The molecule has 0 saturated carbocycles. The minimum atomic E-state index is -4.01. The Bertz CT molecular complexity index is 561. The Labute approximate surface area is 117 Å². The van der Waals surface area contributed by atoms with Gasteiger partial charge in [0.05, 0.1) is 20.8 Å². The second-order valence-corrected chi connectivity index (χ2v) is 5.80. The molecular weight excluding hydrogens is 289 g/mol. The highest BCUT2D eigenvalue weighted by molar-refractivity contribution is 7.89. The first-order valence-corrected chi connectivity index (χ1v) is 7.26. The molecule has 20 heavy (non-hydrogen) atoms. The number of hydrogen-bond donors (Lipinski definition) is 1. The van der Waals surface area contributed by atoms with Crippen LogP contribution in [0.5, 0.6) is 11.5 Å². The number of sulfonamides is 1. The van der Waals surface area contributed by atoms with Gasteiger partial charge in [0.15, 0.2) is 11.5 Å². The van der Waals surface area contributed by atoms with Gasteiger partial charge in [-0.2, -0.15) is 0 Å². The Kier molecular flexibility index (Phi) is 5.73. The molecule has 1 aromatic rings. The van der Waals surface area contributed by atoms with Crippen molar-refractivity contribution in [3.63, 3.8) is 0 Å². The summed E-state index contributed by atoms with van der Waals surface area (Å²) in [5.41, 5.74) is 0. The van der Waals surface area contributed by atoms with E-state index >= 15 is 0 Å². The van der Waals surface area contributed by atoms with E-state index in [0.29, 0.717) is 0 Å². The second kappa shape index (κ2) is 6.87. The molecule has 0 fully saturated rings. The highest BCUT2D eigenvalue weighted by Gasteiger charge is 2.24. The van der Waals surface area contributed by atoms with Crippen LogP contribution in [0, 0.1) is 5.82 Å². The number of methoxy groups -OCH3 is 3. The van der Waals surface area contributed by atoms with E-state index < -0.39 is 26.8 Å². The Balaban J connectivity index is 3.18. The summed E-state index contributed by atoms with van der Waals surface area (Å²) >= 11 is 0. The quantitative estimate of drug-likeness (QED) is 0.818. The van der Waals surface area contributed by atoms with Gasteiger partial charge in [0.1, 0.15) is 10.7 Å². The molecule has 0 aromatic heterocycles. The van der Waals surface area contributed by atoms with Crippen molar-refractivity contribution >= 4 is 10.0 Å². The molecule has 0 aliphatic rings. The van der Waals surface area contributed by atoms with E-state index in [0.717, 1.165) is 12.1 Å². The van der Waals surface area contributed by atoms with Crippen LogP contribution in [0.2, 0.25) is 0 Å². The summed E-state index contributed by atoms with van der Waals surface area (Å²) < 4.78 is 55.1. The smallest absolute Gasteiger partial charge is 0.243 e. The first-order chi connectivity index (χ1) is 9.35. The van der Waals surface area contributed by atoms with Crippen LogP contribution in [0.4, 0.5) is 4.39 Å². The zero-order valence-corrected chi connectivity index (χ0v) is 12.6. The number of halogens is 1. The molecule has 1 rings (SSSR count). The lowest BCUT2D eigenvalue weighted by atomic mass is 10.3. The molecule has 8 heteroatoms. The fraction of sp³-hybridized carbons (Fsp3) is 0.500. The molecule has 0 amide bonds. The molecular formula is C12H18FNO5S. The van der Waals surface area contributed by atoms with Crippen molar-refractivity contribution in [2.45, 2.75) is 17.9 Å². The van der Waals surface area contributed by atoms with E-state index in [1.54, 1.807) is 6.92 Å². The van der Waals surface area contributed by atoms with Crippen LogP contribution in [-0.4, -0.2) is 42.4 Å². The molecule has 0 bridgehead atoms. The normalized spacial score (nSPS) is 13.1. The lowest BCUT2D eigenvalue weighted by molar-refractivity contribution is 0.180. The molecule has 1 N–H and O–H groups in total. The van der Waals surface area contributed by atoms with Gasteiger partial charge in [-0.1, -0.05) is 0 Å². The predicted octanol–water partition coefficient (Wildman–Crippen LogP) is 1.16. The van der Waals surface area contributed by atoms with Crippen molar-refractivity contribution in [3.05, 3.63) is 17.9 Å². The van der Waals surface area contributed by atoms with Gasteiger partial charge in [-0.05, 0) is 6.92 Å². The molecule has 114 valence electrons. The first kappa shape index (κ1) is 16.7. The van der Waals surface area contributed by atoms with E-state index in [1.807, 2.05) is 0 Å². The van der Waals surface area contributed by atoms with Gasteiger partial charge in [0.25, 0.3) is 0 Å². The third-order valence-electron chi connectivity index (χ3n) is 2.50. The van der Waals surface area contributed by atoms with Crippen molar-refractivity contribution in [2.24, 2.45) is 0 Å². The second-order valence-electron chi connectivity index (χ2n) is 4.12. The third-order valence-corrected chi connectivity index (χ3v) is 4.11. The van der Waals surface area contributed by atoms with Crippen LogP contribution < -0.4 is 14.2 Å². The summed E-state index contributed by atoms with van der Waals surface area (Å²) in [6.07, 6.45) is 0. The fourth-order valence-corrected chi connectivity index (χ4v) is 2.96. The molecule has 1 aromatic carbocycles. The highest BCUT2D eigenvalue weighted by Crippen LogP contribution is 2.31. The minimum absolute atomic E-state index is 0.119. The van der Waals surface area contributed by atoms with E-state index in [1.165, 1.54) is 21.3 Å². The lowest BCUT2D eigenvalue weighted by Gasteiger charge is -2.15. The van der Waals surface area contributed by atoms with Crippen molar-refractivity contribution in [2.75, 3.05) is 27.9 Å². The summed E-state index contributed by atoms with van der Waals surface area (Å²) in [7, 11) is 0.114. The van der Waals surface area contributed by atoms with Gasteiger partial charge >= 0.3 is 0 Å². The number of rotatable bonds is 7. The number of ether oxygens (including phenoxy) is 3. The van der Waals surface area contributed by atoms with Gasteiger partial charge in [-0.15, -0.1) is 0 Å². The molecule has 0 aliphatic carbocycles. The van der Waals surface area contributed by atoms with E-state index in [4.69, 9.17) is 14.2 Å². The summed E-state index contributed by atoms with van der Waals surface area (Å²) in [6, 6.07) is 1.56. The van der Waals surface area contributed by atoms with Gasteiger partial charge in [0, 0.05) is 25.3 Å². The SMILES string of the molecule is COC[C@@H](C)NS(=O)(=O)c1cc(OC)c(OC)cc1F. The molecule has 6 nitrogen and oxygen atoms in total. The maximum absolute atomic E-state index is 13.9. The number of hydrogen-bond acceptors (Lipinski definition) is 5. The summed E-state index contributed by atoms with van der Waals surface area (Å²) in [6.45, 7) is 1.79. The van der Waals surface area contributed by atoms with Gasteiger partial charge in [0.2, 0.25) is 10.0 Å². The Morgan fingerprint density at radius 3 is 2.25 bits per heavy atom. The minimum Gasteiger partial charge on any atom is -0.493 e. The monoisotopic (exact) mass is 307 g/mol. The van der Waals surface area contributed by atoms with Crippen LogP contribution in [0.25, 0.3) is 0 Å². The van der Waals surface area contributed by atoms with Crippen LogP contribution in [0.15, 0.2) is 17.0 Å². The molecule has 0 spiro atoms. The maximum Gasteiger partial charge on any atom is 0.243 e. The van der Waals surface area contributed by atoms with Gasteiger partial charge in [-0.25, -0.2) is 17.5 Å². The Hall–Kier alpha value is -1.38. The summed E-state index contributed by atoms with van der Waals surface area (Å²) in [4.78, 5) is -0.502. The van der Waals surface area contributed by atoms with E-state index in [-0.39, 0.29) is 18.1 Å². The molecule has 0 radical (unpaired) electrons. The Morgan fingerprint density at radius 2 is 1.75 bits per heavy atom. The van der Waals surface area contributed by atoms with Crippen molar-refractivity contribution in [1.29, 1.82) is 0 Å². The van der Waals surface area contributed by atoms with Crippen LogP contribution >= 0.6 is 0 Å². The molecule has 1 atom stereocenters. The number of nitrogens with one attached hydrogen (secondary N) is 1. The molecule has 0 unspecified atom stereocenters. The van der Waals surface area contributed by atoms with Gasteiger partial charge < -0.3 is 14.2 Å². The standard InChI is InChI=1S/C12H18FNO5S/c1-8(7-17-2)14-20(15,16)12-6-11(19-4)10(18-3)5-9(12)13/h5-6,8,14H,7H2,1-4H3/t8-/m1/s1. The van der Waals surface area contributed by atoms with Crippen LogP contribution in [0.3, 0.4) is 0 Å². The van der Waals surface area contributed by atoms with Crippen molar-refractivity contribution < 1.29 is 27.0 Å². The Morgan fingerprint density at radius 1 is 1.20 bits per heavy atom. The lowest BCUT2D eigenvalue weighted by Crippen LogP contribution is -2.36. The summed E-state index contributed by atoms with van der Waals surface area (Å²) in [5.74, 6) is -0.665. The average molecular weight is 307 g/mol. The average Bonchev–Trinajstić information content (AvgIpc) is 2.37. The highest BCUT2D eigenvalue weighted by atomic mass is 32.2. The van der Waals surface area contributed by atoms with Crippen molar-refractivity contribution in [1.82, 2.24) is 4.72 Å². The number of benzene rings is 1. The zero-order chi connectivity index (χ0) is 15.3. The topological polar surface area (TPSA) is 73.9 Å².